The number of rotatable bonds is 6. The summed E-state index contributed by atoms with van der Waals surface area (Å²) < 4.78 is 39.2. The molecule has 3 heterocycles. The third-order valence-electron chi connectivity index (χ3n) is 6.22. The fourth-order valence-corrected chi connectivity index (χ4v) is 4.47. The lowest BCUT2D eigenvalue weighted by Gasteiger charge is -2.12. The van der Waals surface area contributed by atoms with Crippen LogP contribution in [0.3, 0.4) is 0 Å². The number of hydrogen-bond donors (Lipinski definition) is 2. The van der Waals surface area contributed by atoms with Crippen molar-refractivity contribution < 1.29 is 18.0 Å². The molecule has 40 heavy (non-hydrogen) atoms. The van der Waals surface area contributed by atoms with E-state index in [1.807, 2.05) is 59.4 Å². The van der Waals surface area contributed by atoms with Crippen molar-refractivity contribution in [2.75, 3.05) is 10.6 Å². The molecule has 0 fully saturated rings. The molecule has 3 aromatic heterocycles. The lowest BCUT2D eigenvalue weighted by molar-refractivity contribution is -0.112. The van der Waals surface area contributed by atoms with Gasteiger partial charge in [0, 0.05) is 40.2 Å². The van der Waals surface area contributed by atoms with Crippen LogP contribution in [0.2, 0.25) is 0 Å². The number of fused-ring (bicyclic) bond motifs is 4. The minimum Gasteiger partial charge on any atom is -0.339 e. The number of anilines is 3. The van der Waals surface area contributed by atoms with Gasteiger partial charge in [-0.2, -0.15) is 18.3 Å². The first kappa shape index (κ1) is 25.0. The van der Waals surface area contributed by atoms with Gasteiger partial charge in [0.15, 0.2) is 0 Å². The molecule has 2 N–H and O–H groups in total. The van der Waals surface area contributed by atoms with Gasteiger partial charge in [-0.05, 0) is 23.1 Å². The molecule has 6 aromatic rings. The van der Waals surface area contributed by atoms with Crippen LogP contribution in [0, 0.1) is 0 Å². The summed E-state index contributed by atoms with van der Waals surface area (Å²) in [4.78, 5) is 24.7. The lowest BCUT2D eigenvalue weighted by Crippen LogP contribution is -2.11. The first-order valence-electron chi connectivity index (χ1n) is 12.2. The molecule has 0 aliphatic rings. The fraction of sp³-hybridized carbons (Fsp3) is 0.0690. The molecule has 0 unspecified atom stereocenters. The van der Waals surface area contributed by atoms with Crippen molar-refractivity contribution in [3.63, 3.8) is 0 Å². The van der Waals surface area contributed by atoms with Crippen LogP contribution in [-0.2, 0) is 11.3 Å². The summed E-state index contributed by atoms with van der Waals surface area (Å²) >= 11 is 0. The van der Waals surface area contributed by atoms with Crippen LogP contribution in [0.5, 0.6) is 0 Å². The molecule has 1 amide bonds. The molecule has 3 aromatic carbocycles. The van der Waals surface area contributed by atoms with Gasteiger partial charge in [0.05, 0.1) is 23.8 Å². The number of hydrogen-bond acceptors (Lipinski definition) is 6. The molecule has 0 radical (unpaired) electrons. The number of carbonyl (C=O) groups excluding carboxylic acids is 1. The van der Waals surface area contributed by atoms with Gasteiger partial charge in [-0.25, -0.2) is 15.0 Å². The van der Waals surface area contributed by atoms with E-state index >= 15 is 0 Å². The molecule has 0 spiro atoms. The summed E-state index contributed by atoms with van der Waals surface area (Å²) in [6.45, 7) is 0.628. The average Bonchev–Trinajstić information content (AvgIpc) is 3.35. The Bertz CT molecular complexity index is 1900. The number of benzene rings is 3. The molecule has 0 aliphatic carbocycles. The molecule has 8 nitrogen and oxygen atoms in total. The van der Waals surface area contributed by atoms with Crippen LogP contribution in [0.1, 0.15) is 5.56 Å². The maximum absolute atomic E-state index is 12.4. The Morgan fingerprint density at radius 3 is 2.45 bits per heavy atom. The summed E-state index contributed by atoms with van der Waals surface area (Å²) in [6, 6.07) is 21.4. The Balaban J connectivity index is 1.37. The Labute approximate surface area is 225 Å². The van der Waals surface area contributed by atoms with Crippen LogP contribution in [0.25, 0.3) is 32.6 Å². The molecule has 6 rings (SSSR count). The molecular weight excluding hydrogens is 519 g/mol. The molecule has 0 saturated heterocycles. The number of alkyl halides is 3. The SMILES string of the molecule is O=C(C=CC(F)(F)F)Nc1cc2c(Nc3cc4nn(Cc5ccccc5)cc4c4ccccc34)ncnc2cn1. The second-order valence-corrected chi connectivity index (χ2v) is 9.01. The van der Waals surface area contributed by atoms with Crippen LogP contribution in [0.4, 0.5) is 30.5 Å². The highest BCUT2D eigenvalue weighted by Crippen LogP contribution is 2.34. The molecule has 0 aliphatic heterocycles. The summed E-state index contributed by atoms with van der Waals surface area (Å²) in [5, 5.41) is 14.0. The van der Waals surface area contributed by atoms with E-state index in [9.17, 15) is 18.0 Å². The van der Waals surface area contributed by atoms with Crippen LogP contribution in [0.15, 0.2) is 97.6 Å². The normalized spacial score (nSPS) is 12.0. The summed E-state index contributed by atoms with van der Waals surface area (Å²) in [5.41, 5.74) is 3.17. The van der Waals surface area contributed by atoms with Gasteiger partial charge in [0.1, 0.15) is 18.0 Å². The number of carbonyl (C=O) groups is 1. The minimum atomic E-state index is -4.60. The first-order valence-corrected chi connectivity index (χ1v) is 12.2. The molecule has 0 atom stereocenters. The van der Waals surface area contributed by atoms with E-state index in [0.29, 0.717) is 29.3 Å². The highest BCUT2D eigenvalue weighted by molar-refractivity contribution is 6.13. The van der Waals surface area contributed by atoms with Gasteiger partial charge in [0.2, 0.25) is 5.91 Å². The van der Waals surface area contributed by atoms with Crippen molar-refractivity contribution in [3.8, 4) is 0 Å². The fourth-order valence-electron chi connectivity index (χ4n) is 4.47. The van der Waals surface area contributed by atoms with Crippen molar-refractivity contribution in [1.29, 1.82) is 0 Å². The Morgan fingerprint density at radius 1 is 0.875 bits per heavy atom. The largest absolute Gasteiger partial charge is 0.409 e. The maximum Gasteiger partial charge on any atom is 0.409 e. The summed E-state index contributed by atoms with van der Waals surface area (Å²) in [6.07, 6.45) is 0.499. The van der Waals surface area contributed by atoms with Gasteiger partial charge in [-0.1, -0.05) is 54.6 Å². The van der Waals surface area contributed by atoms with Crippen molar-refractivity contribution in [3.05, 3.63) is 103 Å². The first-order chi connectivity index (χ1) is 19.3. The van der Waals surface area contributed by atoms with E-state index in [2.05, 4.69) is 37.7 Å². The maximum atomic E-state index is 12.4. The average molecular weight is 540 g/mol. The monoisotopic (exact) mass is 539 g/mol. The molecular formula is C29H20F3N7O. The number of aromatic nitrogens is 5. The zero-order valence-corrected chi connectivity index (χ0v) is 20.7. The Hall–Kier alpha value is -5.32. The Kier molecular flexibility index (Phi) is 6.31. The van der Waals surface area contributed by atoms with Gasteiger partial charge >= 0.3 is 6.18 Å². The van der Waals surface area contributed by atoms with Crippen molar-refractivity contribution in [2.24, 2.45) is 0 Å². The van der Waals surface area contributed by atoms with Gasteiger partial charge < -0.3 is 10.6 Å². The number of halogens is 3. The van der Waals surface area contributed by atoms with E-state index in [-0.39, 0.29) is 11.9 Å². The third-order valence-corrected chi connectivity index (χ3v) is 6.22. The number of nitrogens with one attached hydrogen (secondary N) is 2. The van der Waals surface area contributed by atoms with Crippen LogP contribution in [-0.4, -0.2) is 36.8 Å². The topological polar surface area (TPSA) is 97.6 Å². The zero-order valence-electron chi connectivity index (χ0n) is 20.7. The summed E-state index contributed by atoms with van der Waals surface area (Å²) in [7, 11) is 0. The van der Waals surface area contributed by atoms with Crippen molar-refractivity contribution in [2.45, 2.75) is 12.7 Å². The van der Waals surface area contributed by atoms with E-state index in [4.69, 9.17) is 5.10 Å². The smallest absolute Gasteiger partial charge is 0.339 e. The van der Waals surface area contributed by atoms with Crippen LogP contribution >= 0.6 is 0 Å². The highest BCUT2D eigenvalue weighted by atomic mass is 19.4. The highest BCUT2D eigenvalue weighted by Gasteiger charge is 2.22. The molecule has 11 heteroatoms. The van der Waals surface area contributed by atoms with Crippen molar-refractivity contribution in [1.82, 2.24) is 24.7 Å². The molecule has 198 valence electrons. The van der Waals surface area contributed by atoms with Gasteiger partial charge in [0.25, 0.3) is 0 Å². The number of nitrogens with zero attached hydrogens (tertiary/aromatic N) is 5. The van der Waals surface area contributed by atoms with E-state index < -0.39 is 12.1 Å². The predicted molar refractivity (Wildman–Crippen MR) is 147 cm³/mol. The van der Waals surface area contributed by atoms with E-state index in [1.54, 1.807) is 0 Å². The second-order valence-electron chi connectivity index (χ2n) is 9.01. The van der Waals surface area contributed by atoms with Gasteiger partial charge in [-0.3, -0.25) is 9.48 Å². The van der Waals surface area contributed by atoms with E-state index in [1.165, 1.54) is 18.6 Å². The standard InChI is InChI=1S/C29H20F3N7O/c30-29(31,32)11-10-27(40)37-26-12-21-25(14-33-26)34-17-35-28(21)36-23-13-24-22(19-8-4-5-9-20(19)23)16-39(38-24)15-18-6-2-1-3-7-18/h1-14,16-17H,15H2,(H,33,37,40)(H,34,35,36). The van der Waals surface area contributed by atoms with Crippen molar-refractivity contribution >= 4 is 55.8 Å². The summed E-state index contributed by atoms with van der Waals surface area (Å²) in [5.74, 6) is -0.470. The number of pyridine rings is 1. The molecule has 0 bridgehead atoms. The van der Waals surface area contributed by atoms with E-state index in [0.717, 1.165) is 32.9 Å². The number of allylic oxidation sites excluding steroid dienone is 1. The molecule has 0 saturated carbocycles. The Morgan fingerprint density at radius 2 is 1.65 bits per heavy atom. The quantitative estimate of drug-likeness (QED) is 0.239. The van der Waals surface area contributed by atoms with Gasteiger partial charge in [-0.15, -0.1) is 0 Å². The lowest BCUT2D eigenvalue weighted by atomic mass is 10.0. The van der Waals surface area contributed by atoms with Crippen LogP contribution < -0.4 is 10.6 Å². The second kappa shape index (κ2) is 10.1. The zero-order chi connectivity index (χ0) is 27.7. The number of amides is 1. The minimum absolute atomic E-state index is 0.0575. The third kappa shape index (κ3) is 5.30. The predicted octanol–water partition coefficient (Wildman–Crippen LogP) is 6.38.